The van der Waals surface area contributed by atoms with Crippen LogP contribution in [0, 0.1) is 5.41 Å². The van der Waals surface area contributed by atoms with Gasteiger partial charge in [0.25, 0.3) is 0 Å². The summed E-state index contributed by atoms with van der Waals surface area (Å²) in [6.45, 7) is 6.41. The lowest BCUT2D eigenvalue weighted by atomic mass is 10.0. The summed E-state index contributed by atoms with van der Waals surface area (Å²) in [6, 6.07) is 2.00. The first kappa shape index (κ1) is 13.1. The number of rotatable bonds is 8. The molecule has 0 aromatic carbocycles. The van der Waals surface area contributed by atoms with Crippen LogP contribution < -0.4 is 10.6 Å². The predicted octanol–water partition coefficient (Wildman–Crippen LogP) is 3.29. The summed E-state index contributed by atoms with van der Waals surface area (Å²) in [4.78, 5) is 8.49. The molecule has 4 nitrogen and oxygen atoms in total. The molecular formula is C14H24N4. The van der Waals surface area contributed by atoms with Gasteiger partial charge in [-0.05, 0) is 31.1 Å². The average molecular weight is 248 g/mol. The third-order valence-electron chi connectivity index (χ3n) is 3.61. The van der Waals surface area contributed by atoms with Crippen molar-refractivity contribution in [3.63, 3.8) is 0 Å². The van der Waals surface area contributed by atoms with E-state index in [9.17, 15) is 0 Å². The van der Waals surface area contributed by atoms with Crippen molar-refractivity contribution in [3.05, 3.63) is 12.4 Å². The number of aromatic nitrogens is 2. The third-order valence-corrected chi connectivity index (χ3v) is 3.61. The molecule has 2 rings (SSSR count). The van der Waals surface area contributed by atoms with Gasteiger partial charge < -0.3 is 10.6 Å². The third kappa shape index (κ3) is 3.59. The minimum absolute atomic E-state index is 0.552. The molecule has 1 aliphatic carbocycles. The van der Waals surface area contributed by atoms with Crippen molar-refractivity contribution in [1.29, 1.82) is 0 Å². The second kappa shape index (κ2) is 6.03. The first-order valence-electron chi connectivity index (χ1n) is 7.08. The lowest BCUT2D eigenvalue weighted by Gasteiger charge is -2.15. The van der Waals surface area contributed by atoms with Gasteiger partial charge in [-0.25, -0.2) is 9.97 Å². The molecular weight excluding hydrogens is 224 g/mol. The van der Waals surface area contributed by atoms with Crippen molar-refractivity contribution < 1.29 is 0 Å². The van der Waals surface area contributed by atoms with Crippen molar-refractivity contribution in [3.8, 4) is 0 Å². The minimum Gasteiger partial charge on any atom is -0.370 e. The van der Waals surface area contributed by atoms with Crippen LogP contribution in [0.1, 0.15) is 46.0 Å². The summed E-state index contributed by atoms with van der Waals surface area (Å²) >= 11 is 0. The van der Waals surface area contributed by atoms with Gasteiger partial charge in [0, 0.05) is 19.2 Å². The molecule has 0 unspecified atom stereocenters. The van der Waals surface area contributed by atoms with E-state index < -0.39 is 0 Å². The maximum absolute atomic E-state index is 4.28. The molecule has 0 atom stereocenters. The molecule has 0 radical (unpaired) electrons. The molecule has 2 N–H and O–H groups in total. The Morgan fingerprint density at radius 1 is 1.11 bits per heavy atom. The first-order valence-corrected chi connectivity index (χ1v) is 7.08. The standard InChI is InChI=1S/C14H24N4/c1-3-5-14(6-7-14)10-16-13-9-12(15-8-4-2)17-11-18-13/h9,11H,3-8,10H2,1-2H3,(H2,15,16,17,18). The molecule has 1 aromatic heterocycles. The van der Waals surface area contributed by atoms with E-state index in [-0.39, 0.29) is 0 Å². The zero-order chi connectivity index (χ0) is 12.8. The molecule has 0 aliphatic heterocycles. The molecule has 0 spiro atoms. The van der Waals surface area contributed by atoms with Crippen LogP contribution in [-0.2, 0) is 0 Å². The highest BCUT2D eigenvalue weighted by atomic mass is 15.1. The zero-order valence-electron chi connectivity index (χ0n) is 11.5. The highest BCUT2D eigenvalue weighted by Crippen LogP contribution is 2.49. The fourth-order valence-corrected chi connectivity index (χ4v) is 2.30. The number of hydrogen-bond acceptors (Lipinski definition) is 4. The fourth-order valence-electron chi connectivity index (χ4n) is 2.30. The van der Waals surface area contributed by atoms with Gasteiger partial charge >= 0.3 is 0 Å². The second-order valence-corrected chi connectivity index (χ2v) is 5.32. The second-order valence-electron chi connectivity index (χ2n) is 5.32. The Morgan fingerprint density at radius 2 is 1.83 bits per heavy atom. The summed E-state index contributed by atoms with van der Waals surface area (Å²) in [6.07, 6.45) is 8.05. The Morgan fingerprint density at radius 3 is 2.44 bits per heavy atom. The Kier molecular flexibility index (Phi) is 4.39. The molecule has 18 heavy (non-hydrogen) atoms. The van der Waals surface area contributed by atoms with E-state index in [1.54, 1.807) is 6.33 Å². The highest BCUT2D eigenvalue weighted by Gasteiger charge is 2.41. The smallest absolute Gasteiger partial charge is 0.131 e. The van der Waals surface area contributed by atoms with E-state index in [0.29, 0.717) is 5.41 Å². The minimum atomic E-state index is 0.552. The van der Waals surface area contributed by atoms with E-state index in [1.165, 1.54) is 25.7 Å². The van der Waals surface area contributed by atoms with Crippen LogP contribution in [-0.4, -0.2) is 23.1 Å². The summed E-state index contributed by atoms with van der Waals surface area (Å²) in [5.74, 6) is 1.85. The van der Waals surface area contributed by atoms with E-state index >= 15 is 0 Å². The van der Waals surface area contributed by atoms with Crippen molar-refractivity contribution in [2.75, 3.05) is 23.7 Å². The molecule has 1 aliphatic rings. The number of anilines is 2. The van der Waals surface area contributed by atoms with E-state index in [0.717, 1.165) is 31.1 Å². The summed E-state index contributed by atoms with van der Waals surface area (Å²) < 4.78 is 0. The van der Waals surface area contributed by atoms with E-state index in [2.05, 4.69) is 34.4 Å². The van der Waals surface area contributed by atoms with Crippen molar-refractivity contribution >= 4 is 11.6 Å². The van der Waals surface area contributed by atoms with Crippen molar-refractivity contribution in [2.24, 2.45) is 5.41 Å². The maximum atomic E-state index is 4.28. The normalized spacial score (nSPS) is 16.3. The van der Waals surface area contributed by atoms with E-state index in [4.69, 9.17) is 0 Å². The number of nitrogens with zero attached hydrogens (tertiary/aromatic N) is 2. The molecule has 1 heterocycles. The molecule has 0 bridgehead atoms. The van der Waals surface area contributed by atoms with Crippen LogP contribution in [0.2, 0.25) is 0 Å². The van der Waals surface area contributed by atoms with Crippen LogP contribution in [0.3, 0.4) is 0 Å². The van der Waals surface area contributed by atoms with Crippen molar-refractivity contribution in [2.45, 2.75) is 46.0 Å². The number of nitrogens with one attached hydrogen (secondary N) is 2. The lowest BCUT2D eigenvalue weighted by molar-refractivity contribution is 0.485. The van der Waals surface area contributed by atoms with E-state index in [1.807, 2.05) is 6.07 Å². The molecule has 0 saturated heterocycles. The maximum Gasteiger partial charge on any atom is 0.131 e. The lowest BCUT2D eigenvalue weighted by Crippen LogP contribution is -2.16. The Hall–Kier alpha value is -1.32. The van der Waals surface area contributed by atoms with Gasteiger partial charge in [0.2, 0.25) is 0 Å². The summed E-state index contributed by atoms with van der Waals surface area (Å²) in [5, 5.41) is 6.74. The van der Waals surface area contributed by atoms with Crippen LogP contribution in [0.4, 0.5) is 11.6 Å². The monoisotopic (exact) mass is 248 g/mol. The molecule has 1 saturated carbocycles. The average Bonchev–Trinajstić information content (AvgIpc) is 3.15. The van der Waals surface area contributed by atoms with Crippen LogP contribution >= 0.6 is 0 Å². The number of hydrogen-bond donors (Lipinski definition) is 2. The molecule has 0 amide bonds. The van der Waals surface area contributed by atoms with Gasteiger partial charge in [0.05, 0.1) is 0 Å². The van der Waals surface area contributed by atoms with Crippen LogP contribution in [0.5, 0.6) is 0 Å². The predicted molar refractivity (Wildman–Crippen MR) is 75.9 cm³/mol. The Bertz CT molecular complexity index is 374. The largest absolute Gasteiger partial charge is 0.370 e. The fraction of sp³-hybridized carbons (Fsp3) is 0.714. The van der Waals surface area contributed by atoms with Gasteiger partial charge in [-0.1, -0.05) is 20.3 Å². The zero-order valence-corrected chi connectivity index (χ0v) is 11.5. The molecule has 1 aromatic rings. The topological polar surface area (TPSA) is 49.8 Å². The van der Waals surface area contributed by atoms with Gasteiger partial charge in [-0.3, -0.25) is 0 Å². The SMILES string of the molecule is CCCNc1cc(NCC2(CCC)CC2)ncn1. The van der Waals surface area contributed by atoms with Gasteiger partial charge in [-0.2, -0.15) is 0 Å². The van der Waals surface area contributed by atoms with Crippen LogP contribution in [0.25, 0.3) is 0 Å². The molecule has 100 valence electrons. The summed E-state index contributed by atoms with van der Waals surface area (Å²) in [5.41, 5.74) is 0.552. The first-order chi connectivity index (χ1) is 8.78. The van der Waals surface area contributed by atoms with Gasteiger partial charge in [0.15, 0.2) is 0 Å². The quantitative estimate of drug-likeness (QED) is 0.741. The Balaban J connectivity index is 1.85. The highest BCUT2D eigenvalue weighted by molar-refractivity contribution is 5.46. The van der Waals surface area contributed by atoms with Crippen LogP contribution in [0.15, 0.2) is 12.4 Å². The molecule has 4 heteroatoms. The van der Waals surface area contributed by atoms with Gasteiger partial charge in [0.1, 0.15) is 18.0 Å². The van der Waals surface area contributed by atoms with Crippen molar-refractivity contribution in [1.82, 2.24) is 9.97 Å². The van der Waals surface area contributed by atoms with Gasteiger partial charge in [-0.15, -0.1) is 0 Å². The summed E-state index contributed by atoms with van der Waals surface area (Å²) in [7, 11) is 0. The molecule has 1 fully saturated rings. The Labute approximate surface area is 110 Å².